The van der Waals surface area contributed by atoms with E-state index in [1.165, 1.54) is 11.3 Å². The zero-order valence-corrected chi connectivity index (χ0v) is 13.6. The number of nitrogens with zero attached hydrogens (tertiary/aromatic N) is 2. The van der Waals surface area contributed by atoms with Gasteiger partial charge in [-0.15, -0.1) is 11.3 Å². The minimum atomic E-state index is 0.0129. The van der Waals surface area contributed by atoms with Gasteiger partial charge in [0.1, 0.15) is 10.5 Å². The first-order valence-corrected chi connectivity index (χ1v) is 8.35. The number of anilines is 1. The van der Waals surface area contributed by atoms with Crippen molar-refractivity contribution in [3.05, 3.63) is 51.4 Å². The number of nitrogens with two attached hydrogens (primary N) is 1. The average molecular weight is 313 g/mol. The molecule has 0 aliphatic carbocycles. The third-order valence-corrected chi connectivity index (χ3v) is 4.82. The molecule has 0 fully saturated rings. The number of hydrogen-bond acceptors (Lipinski definition) is 4. The van der Waals surface area contributed by atoms with Crippen LogP contribution in [0.4, 0.5) is 5.69 Å². The number of thiophene rings is 1. The minimum Gasteiger partial charge on any atom is -0.399 e. The molecule has 3 aromatic rings. The van der Waals surface area contributed by atoms with E-state index in [4.69, 9.17) is 10.7 Å². The molecule has 2 N–H and O–H groups in total. The van der Waals surface area contributed by atoms with Crippen LogP contribution in [0.15, 0.2) is 34.4 Å². The molecule has 0 spiro atoms. The van der Waals surface area contributed by atoms with Crippen LogP contribution < -0.4 is 11.3 Å². The molecule has 0 aliphatic rings. The summed E-state index contributed by atoms with van der Waals surface area (Å²) in [5, 5.41) is 2.00. The number of fused-ring (bicyclic) bond motifs is 1. The Morgan fingerprint density at radius 3 is 2.68 bits per heavy atom. The number of aryl methyl sites for hydroxylation is 2. The molecule has 114 valence electrons. The molecular weight excluding hydrogens is 294 g/mol. The number of rotatable bonds is 4. The monoisotopic (exact) mass is 313 g/mol. The molecule has 0 bridgehead atoms. The van der Waals surface area contributed by atoms with Gasteiger partial charge in [0.05, 0.1) is 11.2 Å². The van der Waals surface area contributed by atoms with Gasteiger partial charge in [0.15, 0.2) is 0 Å². The molecule has 0 unspecified atom stereocenters. The van der Waals surface area contributed by atoms with E-state index < -0.39 is 0 Å². The Bertz CT molecular complexity index is 862. The summed E-state index contributed by atoms with van der Waals surface area (Å²) in [6.45, 7) is 4.14. The molecule has 5 heteroatoms. The van der Waals surface area contributed by atoms with Crippen LogP contribution in [0.1, 0.15) is 31.2 Å². The lowest BCUT2D eigenvalue weighted by Crippen LogP contribution is -2.23. The zero-order valence-electron chi connectivity index (χ0n) is 12.8. The molecule has 0 saturated carbocycles. The van der Waals surface area contributed by atoms with Crippen LogP contribution in [0.5, 0.6) is 0 Å². The standard InChI is InChI=1S/C17H19N3OS/c1-3-4-5-14-19-15-11(2)10-22-16(15)17(21)20(14)13-8-6-12(18)7-9-13/h6-10H,3-5,18H2,1-2H3. The molecule has 0 radical (unpaired) electrons. The lowest BCUT2D eigenvalue weighted by Gasteiger charge is -2.12. The maximum Gasteiger partial charge on any atom is 0.276 e. The van der Waals surface area contributed by atoms with Crippen molar-refractivity contribution in [2.24, 2.45) is 0 Å². The second-order valence-electron chi connectivity index (χ2n) is 5.46. The fourth-order valence-corrected chi connectivity index (χ4v) is 3.44. The van der Waals surface area contributed by atoms with Gasteiger partial charge in [-0.3, -0.25) is 9.36 Å². The van der Waals surface area contributed by atoms with E-state index >= 15 is 0 Å². The van der Waals surface area contributed by atoms with E-state index in [0.717, 1.165) is 46.6 Å². The molecule has 1 aromatic carbocycles. The van der Waals surface area contributed by atoms with Gasteiger partial charge in [0.2, 0.25) is 0 Å². The van der Waals surface area contributed by atoms with Crippen molar-refractivity contribution in [2.45, 2.75) is 33.1 Å². The SMILES string of the molecule is CCCCc1nc2c(C)csc2c(=O)n1-c1ccc(N)cc1. The summed E-state index contributed by atoms with van der Waals surface area (Å²) in [6, 6.07) is 7.38. The molecule has 0 saturated heterocycles. The quantitative estimate of drug-likeness (QED) is 0.747. The van der Waals surface area contributed by atoms with Crippen molar-refractivity contribution >= 4 is 27.2 Å². The van der Waals surface area contributed by atoms with Crippen LogP contribution in [0.2, 0.25) is 0 Å². The lowest BCUT2D eigenvalue weighted by atomic mass is 10.2. The first-order valence-electron chi connectivity index (χ1n) is 7.47. The van der Waals surface area contributed by atoms with Crippen LogP contribution in [-0.4, -0.2) is 9.55 Å². The van der Waals surface area contributed by atoms with E-state index in [1.807, 2.05) is 36.6 Å². The highest BCUT2D eigenvalue weighted by atomic mass is 32.1. The van der Waals surface area contributed by atoms with Crippen molar-refractivity contribution < 1.29 is 0 Å². The van der Waals surface area contributed by atoms with Crippen LogP contribution in [-0.2, 0) is 6.42 Å². The molecule has 0 aliphatic heterocycles. The molecule has 2 aromatic heterocycles. The normalized spacial score (nSPS) is 11.2. The molecule has 0 amide bonds. The van der Waals surface area contributed by atoms with E-state index in [9.17, 15) is 4.79 Å². The van der Waals surface area contributed by atoms with Crippen molar-refractivity contribution in [2.75, 3.05) is 5.73 Å². The van der Waals surface area contributed by atoms with Gasteiger partial charge in [0, 0.05) is 12.1 Å². The maximum absolute atomic E-state index is 12.9. The Kier molecular flexibility index (Phi) is 3.98. The zero-order chi connectivity index (χ0) is 15.7. The van der Waals surface area contributed by atoms with E-state index in [2.05, 4.69) is 6.92 Å². The minimum absolute atomic E-state index is 0.0129. The van der Waals surface area contributed by atoms with Crippen LogP contribution in [0, 0.1) is 6.92 Å². The summed E-state index contributed by atoms with van der Waals surface area (Å²) in [5.41, 5.74) is 9.19. The van der Waals surface area contributed by atoms with Gasteiger partial charge >= 0.3 is 0 Å². The summed E-state index contributed by atoms with van der Waals surface area (Å²) in [4.78, 5) is 17.7. The number of hydrogen-bond donors (Lipinski definition) is 1. The first kappa shape index (κ1) is 14.8. The van der Waals surface area contributed by atoms with Gasteiger partial charge < -0.3 is 5.73 Å². The fourth-order valence-electron chi connectivity index (χ4n) is 2.52. The highest BCUT2D eigenvalue weighted by molar-refractivity contribution is 7.17. The summed E-state index contributed by atoms with van der Waals surface area (Å²) in [7, 11) is 0. The summed E-state index contributed by atoms with van der Waals surface area (Å²) in [6.07, 6.45) is 2.87. The highest BCUT2D eigenvalue weighted by Gasteiger charge is 2.15. The Balaban J connectivity index is 2.27. The Hall–Kier alpha value is -2.14. The molecule has 2 heterocycles. The summed E-state index contributed by atoms with van der Waals surface area (Å²) >= 11 is 1.46. The van der Waals surface area contributed by atoms with E-state index in [1.54, 1.807) is 4.57 Å². The average Bonchev–Trinajstić information content (AvgIpc) is 2.88. The van der Waals surface area contributed by atoms with Crippen molar-refractivity contribution in [3.8, 4) is 5.69 Å². The second kappa shape index (κ2) is 5.93. The molecule has 3 rings (SSSR count). The van der Waals surface area contributed by atoms with E-state index in [-0.39, 0.29) is 5.56 Å². The Morgan fingerprint density at radius 1 is 1.27 bits per heavy atom. The fraction of sp³-hybridized carbons (Fsp3) is 0.294. The predicted molar refractivity (Wildman–Crippen MR) is 93.0 cm³/mol. The van der Waals surface area contributed by atoms with Crippen LogP contribution in [0.25, 0.3) is 15.9 Å². The number of benzene rings is 1. The van der Waals surface area contributed by atoms with Crippen LogP contribution in [0.3, 0.4) is 0 Å². The number of aromatic nitrogens is 2. The summed E-state index contributed by atoms with van der Waals surface area (Å²) in [5.74, 6) is 0.825. The van der Waals surface area contributed by atoms with Gasteiger partial charge in [-0.1, -0.05) is 13.3 Å². The largest absolute Gasteiger partial charge is 0.399 e. The van der Waals surface area contributed by atoms with Crippen LogP contribution >= 0.6 is 11.3 Å². The predicted octanol–water partition coefficient (Wildman–Crippen LogP) is 3.68. The van der Waals surface area contributed by atoms with Crippen molar-refractivity contribution in [3.63, 3.8) is 0 Å². The lowest BCUT2D eigenvalue weighted by molar-refractivity contribution is 0.721. The van der Waals surface area contributed by atoms with Crippen molar-refractivity contribution in [1.82, 2.24) is 9.55 Å². The molecule has 22 heavy (non-hydrogen) atoms. The third-order valence-electron chi connectivity index (χ3n) is 3.74. The Labute approximate surface area is 133 Å². The molecule has 0 atom stereocenters. The molecule has 4 nitrogen and oxygen atoms in total. The van der Waals surface area contributed by atoms with E-state index in [0.29, 0.717) is 5.69 Å². The van der Waals surface area contributed by atoms with Gasteiger partial charge in [-0.25, -0.2) is 4.98 Å². The third kappa shape index (κ3) is 2.52. The van der Waals surface area contributed by atoms with Crippen molar-refractivity contribution in [1.29, 1.82) is 0 Å². The number of nitrogen functional groups attached to an aromatic ring is 1. The maximum atomic E-state index is 12.9. The topological polar surface area (TPSA) is 60.9 Å². The van der Waals surface area contributed by atoms with Gasteiger partial charge in [-0.05, 0) is 48.6 Å². The highest BCUT2D eigenvalue weighted by Crippen LogP contribution is 2.23. The first-order chi connectivity index (χ1) is 10.6. The smallest absolute Gasteiger partial charge is 0.276 e. The van der Waals surface area contributed by atoms with Gasteiger partial charge in [0.25, 0.3) is 5.56 Å². The second-order valence-corrected chi connectivity index (χ2v) is 6.34. The van der Waals surface area contributed by atoms with Gasteiger partial charge in [-0.2, -0.15) is 0 Å². The molecular formula is C17H19N3OS. The Morgan fingerprint density at radius 2 is 2.00 bits per heavy atom. The number of unbranched alkanes of at least 4 members (excludes halogenated alkanes) is 1. The summed E-state index contributed by atoms with van der Waals surface area (Å²) < 4.78 is 2.45.